The Balaban J connectivity index is 0.000000640. The molecule has 0 aromatic carbocycles. The van der Waals surface area contributed by atoms with Gasteiger partial charge in [0.25, 0.3) is 0 Å². The quantitative estimate of drug-likeness (QED) is 0.693. The standard InChI is InChI=1S/C7H15N.HI/c1-8-7-5-3-2-4-6-7;/h7-8H,2-6H2,1H3;1H. The SMILES string of the molecule is CNC1CCCCC1.I. The van der Waals surface area contributed by atoms with Crippen molar-refractivity contribution in [2.24, 2.45) is 0 Å². The highest BCUT2D eigenvalue weighted by atomic mass is 127. The zero-order chi connectivity index (χ0) is 5.82. The zero-order valence-electron chi connectivity index (χ0n) is 6.02. The van der Waals surface area contributed by atoms with Crippen molar-refractivity contribution in [1.82, 2.24) is 5.32 Å². The summed E-state index contributed by atoms with van der Waals surface area (Å²) in [6.45, 7) is 0. The van der Waals surface area contributed by atoms with E-state index in [2.05, 4.69) is 12.4 Å². The van der Waals surface area contributed by atoms with Crippen LogP contribution < -0.4 is 5.32 Å². The molecule has 0 aliphatic heterocycles. The van der Waals surface area contributed by atoms with Gasteiger partial charge in [-0.1, -0.05) is 19.3 Å². The molecule has 0 bridgehead atoms. The average Bonchev–Trinajstić information content (AvgIpc) is 1.90. The summed E-state index contributed by atoms with van der Waals surface area (Å²) in [4.78, 5) is 0. The first-order valence-corrected chi connectivity index (χ1v) is 3.61. The Labute approximate surface area is 74.6 Å². The maximum atomic E-state index is 3.30. The molecular weight excluding hydrogens is 225 g/mol. The summed E-state index contributed by atoms with van der Waals surface area (Å²) in [5, 5.41) is 3.30. The zero-order valence-corrected chi connectivity index (χ0v) is 8.35. The third-order valence-corrected chi connectivity index (χ3v) is 2.01. The lowest BCUT2D eigenvalue weighted by atomic mass is 9.96. The van der Waals surface area contributed by atoms with Crippen molar-refractivity contribution >= 4 is 24.0 Å². The Hall–Kier alpha value is 0.690. The lowest BCUT2D eigenvalue weighted by Crippen LogP contribution is -2.26. The van der Waals surface area contributed by atoms with Gasteiger partial charge in [0.15, 0.2) is 0 Å². The van der Waals surface area contributed by atoms with Crippen LogP contribution >= 0.6 is 24.0 Å². The van der Waals surface area contributed by atoms with Crippen LogP contribution in [0.3, 0.4) is 0 Å². The predicted molar refractivity (Wildman–Crippen MR) is 51.3 cm³/mol. The Morgan fingerprint density at radius 3 is 2.00 bits per heavy atom. The van der Waals surface area contributed by atoms with Gasteiger partial charge in [0, 0.05) is 6.04 Å². The summed E-state index contributed by atoms with van der Waals surface area (Å²) in [7, 11) is 2.07. The minimum Gasteiger partial charge on any atom is -0.317 e. The van der Waals surface area contributed by atoms with Gasteiger partial charge in [-0.3, -0.25) is 0 Å². The number of rotatable bonds is 1. The first-order chi connectivity index (χ1) is 3.93. The fourth-order valence-corrected chi connectivity index (χ4v) is 1.39. The average molecular weight is 241 g/mol. The second-order valence-electron chi connectivity index (χ2n) is 2.62. The molecule has 0 atom stereocenters. The molecule has 1 nitrogen and oxygen atoms in total. The molecule has 1 aliphatic carbocycles. The van der Waals surface area contributed by atoms with Crippen molar-refractivity contribution in [1.29, 1.82) is 0 Å². The molecule has 0 heterocycles. The van der Waals surface area contributed by atoms with E-state index in [4.69, 9.17) is 0 Å². The molecule has 1 saturated carbocycles. The van der Waals surface area contributed by atoms with Crippen LogP contribution in [0.25, 0.3) is 0 Å². The fourth-order valence-electron chi connectivity index (χ4n) is 1.39. The monoisotopic (exact) mass is 241 g/mol. The predicted octanol–water partition coefficient (Wildman–Crippen LogP) is 2.16. The molecule has 56 valence electrons. The van der Waals surface area contributed by atoms with Crippen molar-refractivity contribution in [3.63, 3.8) is 0 Å². The summed E-state index contributed by atoms with van der Waals surface area (Å²) in [6.07, 6.45) is 7.13. The number of nitrogens with one attached hydrogen (secondary N) is 1. The molecule has 1 fully saturated rings. The molecule has 1 N–H and O–H groups in total. The van der Waals surface area contributed by atoms with Gasteiger partial charge in [-0.15, -0.1) is 24.0 Å². The molecule has 0 unspecified atom stereocenters. The van der Waals surface area contributed by atoms with Crippen LogP contribution in [0.2, 0.25) is 0 Å². The van der Waals surface area contributed by atoms with E-state index in [1.165, 1.54) is 32.1 Å². The summed E-state index contributed by atoms with van der Waals surface area (Å²) in [5.74, 6) is 0. The molecule has 0 aromatic heterocycles. The summed E-state index contributed by atoms with van der Waals surface area (Å²) < 4.78 is 0. The topological polar surface area (TPSA) is 12.0 Å². The molecule has 0 spiro atoms. The van der Waals surface area contributed by atoms with Crippen molar-refractivity contribution in [3.8, 4) is 0 Å². The highest BCUT2D eigenvalue weighted by Crippen LogP contribution is 2.16. The summed E-state index contributed by atoms with van der Waals surface area (Å²) in [6, 6.07) is 0.837. The number of hydrogen-bond donors (Lipinski definition) is 1. The van der Waals surface area contributed by atoms with E-state index < -0.39 is 0 Å². The van der Waals surface area contributed by atoms with Crippen LogP contribution in [-0.2, 0) is 0 Å². The van der Waals surface area contributed by atoms with E-state index in [-0.39, 0.29) is 24.0 Å². The van der Waals surface area contributed by atoms with Crippen LogP contribution in [-0.4, -0.2) is 13.1 Å². The van der Waals surface area contributed by atoms with E-state index in [0.29, 0.717) is 0 Å². The van der Waals surface area contributed by atoms with Crippen molar-refractivity contribution < 1.29 is 0 Å². The molecular formula is C7H16IN. The second-order valence-corrected chi connectivity index (χ2v) is 2.62. The van der Waals surface area contributed by atoms with E-state index in [1.54, 1.807) is 0 Å². The van der Waals surface area contributed by atoms with Crippen molar-refractivity contribution in [2.75, 3.05) is 7.05 Å². The minimum absolute atomic E-state index is 0. The van der Waals surface area contributed by atoms with E-state index in [0.717, 1.165) is 6.04 Å². The first-order valence-electron chi connectivity index (χ1n) is 3.61. The third kappa shape index (κ3) is 3.40. The van der Waals surface area contributed by atoms with E-state index >= 15 is 0 Å². The fraction of sp³-hybridized carbons (Fsp3) is 1.00. The molecule has 2 heteroatoms. The van der Waals surface area contributed by atoms with Gasteiger partial charge in [0.1, 0.15) is 0 Å². The van der Waals surface area contributed by atoms with Gasteiger partial charge >= 0.3 is 0 Å². The van der Waals surface area contributed by atoms with Crippen molar-refractivity contribution in [2.45, 2.75) is 38.1 Å². The number of halogens is 1. The van der Waals surface area contributed by atoms with E-state index in [1.807, 2.05) is 0 Å². The third-order valence-electron chi connectivity index (χ3n) is 2.01. The first kappa shape index (κ1) is 9.69. The lowest BCUT2D eigenvalue weighted by Gasteiger charge is -2.20. The lowest BCUT2D eigenvalue weighted by molar-refractivity contribution is 0.394. The molecule has 0 radical (unpaired) electrons. The molecule has 1 aliphatic rings. The van der Waals surface area contributed by atoms with Gasteiger partial charge in [0.05, 0.1) is 0 Å². The maximum Gasteiger partial charge on any atom is 0.00640 e. The highest BCUT2D eigenvalue weighted by Gasteiger charge is 2.09. The second kappa shape index (κ2) is 5.47. The van der Waals surface area contributed by atoms with Gasteiger partial charge in [-0.05, 0) is 19.9 Å². The Morgan fingerprint density at radius 2 is 1.67 bits per heavy atom. The molecule has 1 rings (SSSR count). The summed E-state index contributed by atoms with van der Waals surface area (Å²) >= 11 is 0. The molecule has 0 aromatic rings. The van der Waals surface area contributed by atoms with Crippen LogP contribution in [0, 0.1) is 0 Å². The summed E-state index contributed by atoms with van der Waals surface area (Å²) in [5.41, 5.74) is 0. The minimum atomic E-state index is 0. The van der Waals surface area contributed by atoms with E-state index in [9.17, 15) is 0 Å². The van der Waals surface area contributed by atoms with Gasteiger partial charge < -0.3 is 5.32 Å². The van der Waals surface area contributed by atoms with Gasteiger partial charge in [-0.25, -0.2) is 0 Å². The van der Waals surface area contributed by atoms with Crippen molar-refractivity contribution in [3.05, 3.63) is 0 Å². The normalized spacial score (nSPS) is 21.0. The van der Waals surface area contributed by atoms with Crippen LogP contribution in [0.15, 0.2) is 0 Å². The van der Waals surface area contributed by atoms with Crippen LogP contribution in [0.1, 0.15) is 32.1 Å². The molecule has 0 amide bonds. The van der Waals surface area contributed by atoms with Crippen LogP contribution in [0.4, 0.5) is 0 Å². The Bertz CT molecular complexity index is 59.9. The molecule has 0 saturated heterocycles. The number of hydrogen-bond acceptors (Lipinski definition) is 1. The smallest absolute Gasteiger partial charge is 0.00640 e. The molecule has 9 heavy (non-hydrogen) atoms. The Morgan fingerprint density at radius 1 is 1.11 bits per heavy atom. The highest BCUT2D eigenvalue weighted by molar-refractivity contribution is 14.0. The van der Waals surface area contributed by atoms with Crippen LogP contribution in [0.5, 0.6) is 0 Å². The Kier molecular flexibility index (Phi) is 5.89. The van der Waals surface area contributed by atoms with Gasteiger partial charge in [-0.2, -0.15) is 0 Å². The maximum absolute atomic E-state index is 3.30. The largest absolute Gasteiger partial charge is 0.317 e. The van der Waals surface area contributed by atoms with Gasteiger partial charge in [0.2, 0.25) is 0 Å².